The van der Waals surface area contributed by atoms with Crippen molar-refractivity contribution < 1.29 is 22.7 Å². The summed E-state index contributed by atoms with van der Waals surface area (Å²) in [5.74, 6) is 0.0549. The highest BCUT2D eigenvalue weighted by Crippen LogP contribution is 2.55. The monoisotopic (exact) mass is 547 g/mol. The molecule has 2 aromatic rings. The molecular formula is C31H44F3NO2Si. The van der Waals surface area contributed by atoms with Crippen LogP contribution in [0.2, 0.25) is 18.1 Å². The Bertz CT molecular complexity index is 1160. The van der Waals surface area contributed by atoms with Crippen LogP contribution >= 0.6 is 0 Å². The van der Waals surface area contributed by atoms with Gasteiger partial charge >= 0.3 is 6.18 Å². The number of aromatic nitrogens is 1. The third-order valence-electron chi connectivity index (χ3n) is 9.41. The van der Waals surface area contributed by atoms with Gasteiger partial charge in [0.05, 0.1) is 11.7 Å². The van der Waals surface area contributed by atoms with Gasteiger partial charge in [-0.1, -0.05) is 59.6 Å². The van der Waals surface area contributed by atoms with Crippen molar-refractivity contribution in [3.8, 4) is 0 Å². The van der Waals surface area contributed by atoms with E-state index in [1.807, 2.05) is 6.92 Å². The van der Waals surface area contributed by atoms with E-state index < -0.39 is 26.2 Å². The van der Waals surface area contributed by atoms with E-state index in [9.17, 15) is 18.3 Å². The van der Waals surface area contributed by atoms with Crippen LogP contribution in [0, 0.1) is 12.3 Å². The zero-order chi connectivity index (χ0) is 28.3. The number of nitrogens with zero attached hydrogens (tertiary/aromatic N) is 1. The number of halogens is 3. The highest BCUT2D eigenvalue weighted by molar-refractivity contribution is 6.74. The second-order valence-electron chi connectivity index (χ2n) is 13.5. The number of pyridine rings is 1. The van der Waals surface area contributed by atoms with Crippen molar-refractivity contribution in [2.75, 3.05) is 0 Å². The second-order valence-corrected chi connectivity index (χ2v) is 18.3. The van der Waals surface area contributed by atoms with Gasteiger partial charge < -0.3 is 9.53 Å². The first-order valence-corrected chi connectivity index (χ1v) is 16.9. The van der Waals surface area contributed by atoms with E-state index in [1.165, 1.54) is 37.8 Å². The number of fused-ring (bicyclic) bond motifs is 1. The van der Waals surface area contributed by atoms with Gasteiger partial charge in [-0.3, -0.25) is 4.98 Å². The van der Waals surface area contributed by atoms with Crippen molar-refractivity contribution >= 4 is 8.32 Å². The Morgan fingerprint density at radius 3 is 2.13 bits per heavy atom. The first kappa shape index (κ1) is 29.3. The Kier molecular flexibility index (Phi) is 7.74. The largest absolute Gasteiger partial charge is 0.416 e. The minimum atomic E-state index is -4.42. The zero-order valence-electron chi connectivity index (χ0n) is 24.2. The van der Waals surface area contributed by atoms with Gasteiger partial charge in [-0.05, 0) is 85.3 Å². The van der Waals surface area contributed by atoms with E-state index in [4.69, 9.17) is 9.41 Å². The third-order valence-corrected chi connectivity index (χ3v) is 13.9. The van der Waals surface area contributed by atoms with E-state index >= 15 is 0 Å². The molecule has 1 aromatic carbocycles. The molecule has 1 spiro atoms. The highest BCUT2D eigenvalue weighted by atomic mass is 28.4. The van der Waals surface area contributed by atoms with Crippen LogP contribution in [0.25, 0.3) is 0 Å². The van der Waals surface area contributed by atoms with E-state index in [0.29, 0.717) is 11.1 Å². The smallest absolute Gasteiger partial charge is 0.410 e. The van der Waals surface area contributed by atoms with Gasteiger partial charge in [0.25, 0.3) is 0 Å². The molecule has 0 bridgehead atoms. The number of hydrogen-bond donors (Lipinski definition) is 1. The van der Waals surface area contributed by atoms with Crippen molar-refractivity contribution in [3.05, 3.63) is 63.5 Å². The molecule has 0 aliphatic heterocycles. The molecule has 0 amide bonds. The Hall–Kier alpha value is -1.70. The maximum Gasteiger partial charge on any atom is 0.416 e. The molecule has 2 aliphatic carbocycles. The Balaban J connectivity index is 1.86. The van der Waals surface area contributed by atoms with Gasteiger partial charge in [-0.25, -0.2) is 0 Å². The molecule has 38 heavy (non-hydrogen) atoms. The fourth-order valence-electron chi connectivity index (χ4n) is 6.25. The summed E-state index contributed by atoms with van der Waals surface area (Å²) in [6.07, 6.45) is 1.18. The quantitative estimate of drug-likeness (QED) is 0.380. The molecule has 1 N–H and O–H groups in total. The van der Waals surface area contributed by atoms with Crippen LogP contribution in [0.4, 0.5) is 13.2 Å². The number of aliphatic hydroxyl groups is 1. The van der Waals surface area contributed by atoms with Crippen LogP contribution in [-0.4, -0.2) is 18.4 Å². The predicted molar refractivity (Wildman–Crippen MR) is 149 cm³/mol. The van der Waals surface area contributed by atoms with Crippen molar-refractivity contribution in [1.82, 2.24) is 4.98 Å². The third kappa shape index (κ3) is 5.48. The molecule has 2 atom stereocenters. The molecule has 4 rings (SSSR count). The molecule has 2 unspecified atom stereocenters. The van der Waals surface area contributed by atoms with Gasteiger partial charge in [0, 0.05) is 22.5 Å². The summed E-state index contributed by atoms with van der Waals surface area (Å²) >= 11 is 0. The van der Waals surface area contributed by atoms with Crippen LogP contribution in [0.5, 0.6) is 0 Å². The van der Waals surface area contributed by atoms with Crippen molar-refractivity contribution in [2.45, 2.75) is 123 Å². The average Bonchev–Trinajstić information content (AvgIpc) is 3.23. The van der Waals surface area contributed by atoms with Gasteiger partial charge in [-0.2, -0.15) is 13.2 Å². The fourth-order valence-corrected chi connectivity index (χ4v) is 7.52. The highest BCUT2D eigenvalue weighted by Gasteiger charge is 2.47. The van der Waals surface area contributed by atoms with Crippen LogP contribution in [0.3, 0.4) is 0 Å². The maximum absolute atomic E-state index is 13.2. The number of aliphatic hydroxyl groups excluding tert-OH is 1. The number of benzene rings is 1. The van der Waals surface area contributed by atoms with Crippen LogP contribution in [-0.2, 0) is 17.0 Å². The number of hydrogen-bond acceptors (Lipinski definition) is 3. The lowest BCUT2D eigenvalue weighted by atomic mass is 9.69. The maximum atomic E-state index is 13.2. The van der Waals surface area contributed by atoms with Crippen molar-refractivity contribution in [3.63, 3.8) is 0 Å². The van der Waals surface area contributed by atoms with Crippen LogP contribution in [0.1, 0.15) is 124 Å². The molecule has 1 saturated carbocycles. The van der Waals surface area contributed by atoms with Gasteiger partial charge in [0.1, 0.15) is 6.10 Å². The van der Waals surface area contributed by atoms with Gasteiger partial charge in [0.15, 0.2) is 8.32 Å². The molecule has 7 heteroatoms. The van der Waals surface area contributed by atoms with E-state index in [2.05, 4.69) is 47.7 Å². The van der Waals surface area contributed by atoms with E-state index in [-0.39, 0.29) is 22.5 Å². The molecule has 0 radical (unpaired) electrons. The number of rotatable bonds is 5. The summed E-state index contributed by atoms with van der Waals surface area (Å²) in [6.45, 7) is 17.5. The summed E-state index contributed by atoms with van der Waals surface area (Å²) in [7, 11) is -2.12. The summed E-state index contributed by atoms with van der Waals surface area (Å²) in [4.78, 5) is 5.23. The molecule has 2 aliphatic rings. The predicted octanol–water partition coefficient (Wildman–Crippen LogP) is 9.18. The number of alkyl halides is 3. The summed E-state index contributed by atoms with van der Waals surface area (Å²) in [5.41, 5.74) is 4.63. The average molecular weight is 548 g/mol. The fraction of sp³-hybridized carbons (Fsp3) is 0.645. The van der Waals surface area contributed by atoms with Gasteiger partial charge in [0.2, 0.25) is 0 Å². The lowest BCUT2D eigenvalue weighted by Crippen LogP contribution is -2.44. The first-order valence-electron chi connectivity index (χ1n) is 14.0. The van der Waals surface area contributed by atoms with E-state index in [1.54, 1.807) is 0 Å². The van der Waals surface area contributed by atoms with Crippen molar-refractivity contribution in [1.29, 1.82) is 0 Å². The Morgan fingerprint density at radius 1 is 1.05 bits per heavy atom. The topological polar surface area (TPSA) is 42.4 Å². The normalized spacial score (nSPS) is 20.7. The summed E-state index contributed by atoms with van der Waals surface area (Å²) in [5, 5.41) is 11.6. The van der Waals surface area contributed by atoms with Gasteiger partial charge in [-0.15, -0.1) is 0 Å². The summed E-state index contributed by atoms with van der Waals surface area (Å²) < 4.78 is 46.6. The first-order chi connectivity index (χ1) is 17.5. The van der Waals surface area contributed by atoms with E-state index in [0.717, 1.165) is 47.5 Å². The Labute approximate surface area is 227 Å². The minimum Gasteiger partial charge on any atom is -0.410 e. The Morgan fingerprint density at radius 2 is 1.63 bits per heavy atom. The zero-order valence-corrected chi connectivity index (χ0v) is 25.2. The molecule has 1 fully saturated rings. The minimum absolute atomic E-state index is 0.0508. The lowest BCUT2D eigenvalue weighted by Gasteiger charge is -2.46. The molecular weight excluding hydrogens is 503 g/mol. The summed E-state index contributed by atoms with van der Waals surface area (Å²) in [6, 6.07) is 4.85. The van der Waals surface area contributed by atoms with Crippen LogP contribution in [0.15, 0.2) is 24.3 Å². The SMILES string of the molecule is Cc1c2c(nc(C(C)C)c1C(O)c1ccc(C(F)(F)F)cc1)CC1(CCCC1)CC2O[Si](C)(C)C(C)(C)C. The second kappa shape index (κ2) is 10.0. The van der Waals surface area contributed by atoms with Crippen molar-refractivity contribution in [2.24, 2.45) is 5.41 Å². The molecule has 1 aromatic heterocycles. The lowest BCUT2D eigenvalue weighted by molar-refractivity contribution is -0.137. The molecule has 210 valence electrons. The standard InChI is InChI=1S/C31H44F3NO2Si/c1-19(2)27-26(28(36)21-11-13-22(14-12-21)31(32,33)34)20(3)25-23(35-27)17-30(15-9-10-16-30)18-24(25)37-38(7,8)29(4,5)6/h11-14,19,24,28,36H,9-10,15-18H2,1-8H3. The molecule has 3 nitrogen and oxygen atoms in total. The molecule has 1 heterocycles. The molecule has 0 saturated heterocycles. The van der Waals surface area contributed by atoms with Crippen LogP contribution < -0.4 is 0 Å².